The van der Waals surface area contributed by atoms with Crippen LogP contribution in [0.4, 0.5) is 5.82 Å². The van der Waals surface area contributed by atoms with E-state index in [0.717, 1.165) is 18.8 Å². The number of nitrogens with two attached hydrogens (primary N) is 1. The summed E-state index contributed by atoms with van der Waals surface area (Å²) in [6.45, 7) is 9.53. The third-order valence-electron chi connectivity index (χ3n) is 4.76. The molecule has 2 rings (SSSR count). The minimum absolute atomic E-state index is 0.490. The standard InChI is InChI=1S/C14H26N4/c1-5-14(6-2)7-8-18(10-14)13-12(9-15)11(3)16-17(13)4/h5-10,15H2,1-4H3. The molecule has 4 heteroatoms. The molecule has 4 nitrogen and oxygen atoms in total. The van der Waals surface area contributed by atoms with E-state index in [1.54, 1.807) is 0 Å². The highest BCUT2D eigenvalue weighted by Gasteiger charge is 2.36. The van der Waals surface area contributed by atoms with Gasteiger partial charge in [0, 0.05) is 32.2 Å². The van der Waals surface area contributed by atoms with Crippen LogP contribution in [0.1, 0.15) is 44.4 Å². The molecular weight excluding hydrogens is 224 g/mol. The van der Waals surface area contributed by atoms with Gasteiger partial charge in [-0.1, -0.05) is 13.8 Å². The van der Waals surface area contributed by atoms with Crippen molar-refractivity contribution in [2.45, 2.75) is 46.6 Å². The van der Waals surface area contributed by atoms with Gasteiger partial charge in [-0.05, 0) is 31.6 Å². The van der Waals surface area contributed by atoms with E-state index in [4.69, 9.17) is 5.73 Å². The van der Waals surface area contributed by atoms with Crippen LogP contribution in [0.3, 0.4) is 0 Å². The molecule has 1 fully saturated rings. The molecule has 2 N–H and O–H groups in total. The van der Waals surface area contributed by atoms with E-state index in [2.05, 4.69) is 30.8 Å². The van der Waals surface area contributed by atoms with Crippen molar-refractivity contribution in [3.63, 3.8) is 0 Å². The average Bonchev–Trinajstić information content (AvgIpc) is 2.90. The van der Waals surface area contributed by atoms with Crippen molar-refractivity contribution < 1.29 is 0 Å². The summed E-state index contributed by atoms with van der Waals surface area (Å²) in [6.07, 6.45) is 3.80. The van der Waals surface area contributed by atoms with E-state index in [1.807, 2.05) is 11.7 Å². The second-order valence-corrected chi connectivity index (χ2v) is 5.59. The summed E-state index contributed by atoms with van der Waals surface area (Å²) in [6, 6.07) is 0. The summed E-state index contributed by atoms with van der Waals surface area (Å²) >= 11 is 0. The number of aromatic nitrogens is 2. The van der Waals surface area contributed by atoms with Crippen LogP contribution < -0.4 is 10.6 Å². The molecule has 102 valence electrons. The van der Waals surface area contributed by atoms with E-state index in [1.165, 1.54) is 30.6 Å². The Balaban J connectivity index is 2.29. The molecule has 0 spiro atoms. The molecule has 0 atom stereocenters. The van der Waals surface area contributed by atoms with Crippen LogP contribution in [0.15, 0.2) is 0 Å². The molecule has 2 heterocycles. The molecule has 1 aliphatic rings. The summed E-state index contributed by atoms with van der Waals surface area (Å²) < 4.78 is 2.00. The number of hydrogen-bond acceptors (Lipinski definition) is 3. The monoisotopic (exact) mass is 250 g/mol. The van der Waals surface area contributed by atoms with Gasteiger partial charge in [-0.2, -0.15) is 5.10 Å². The second-order valence-electron chi connectivity index (χ2n) is 5.59. The molecule has 0 amide bonds. The Morgan fingerprint density at radius 3 is 2.50 bits per heavy atom. The van der Waals surface area contributed by atoms with Crippen molar-refractivity contribution in [3.05, 3.63) is 11.3 Å². The van der Waals surface area contributed by atoms with Crippen LogP contribution in [0, 0.1) is 12.3 Å². The van der Waals surface area contributed by atoms with Crippen LogP contribution >= 0.6 is 0 Å². The second kappa shape index (κ2) is 4.92. The highest BCUT2D eigenvalue weighted by atomic mass is 15.4. The predicted molar refractivity (Wildman–Crippen MR) is 75.7 cm³/mol. The van der Waals surface area contributed by atoms with Gasteiger partial charge >= 0.3 is 0 Å². The quantitative estimate of drug-likeness (QED) is 0.891. The largest absolute Gasteiger partial charge is 0.356 e. The maximum atomic E-state index is 5.89. The number of nitrogens with zero attached hydrogens (tertiary/aromatic N) is 3. The Morgan fingerprint density at radius 1 is 1.33 bits per heavy atom. The Morgan fingerprint density at radius 2 is 2.00 bits per heavy atom. The van der Waals surface area contributed by atoms with Crippen LogP contribution in [0.2, 0.25) is 0 Å². The summed E-state index contributed by atoms with van der Waals surface area (Å²) in [7, 11) is 2.03. The van der Waals surface area contributed by atoms with E-state index in [-0.39, 0.29) is 0 Å². The first kappa shape index (κ1) is 13.4. The van der Waals surface area contributed by atoms with Gasteiger partial charge in [0.25, 0.3) is 0 Å². The lowest BCUT2D eigenvalue weighted by atomic mass is 9.82. The SMILES string of the molecule is CCC1(CC)CCN(c2c(CN)c(C)nn2C)C1. The van der Waals surface area contributed by atoms with Crippen molar-refractivity contribution in [1.82, 2.24) is 9.78 Å². The number of aryl methyl sites for hydroxylation is 2. The first-order chi connectivity index (χ1) is 8.56. The van der Waals surface area contributed by atoms with Crippen molar-refractivity contribution >= 4 is 5.82 Å². The zero-order valence-electron chi connectivity index (χ0n) is 12.2. The van der Waals surface area contributed by atoms with Crippen molar-refractivity contribution in [2.24, 2.45) is 18.2 Å². The van der Waals surface area contributed by atoms with Crippen molar-refractivity contribution in [3.8, 4) is 0 Å². The molecule has 1 aromatic rings. The fraction of sp³-hybridized carbons (Fsp3) is 0.786. The molecule has 0 saturated carbocycles. The summed E-state index contributed by atoms with van der Waals surface area (Å²) in [5, 5.41) is 4.52. The van der Waals surface area contributed by atoms with Gasteiger partial charge in [-0.3, -0.25) is 4.68 Å². The minimum Gasteiger partial charge on any atom is -0.356 e. The zero-order chi connectivity index (χ0) is 13.3. The molecule has 0 aromatic carbocycles. The highest BCUT2D eigenvalue weighted by Crippen LogP contribution is 2.40. The first-order valence-corrected chi connectivity index (χ1v) is 7.04. The summed E-state index contributed by atoms with van der Waals surface area (Å²) in [4.78, 5) is 2.48. The van der Waals surface area contributed by atoms with Gasteiger partial charge in [-0.15, -0.1) is 0 Å². The first-order valence-electron chi connectivity index (χ1n) is 7.04. The molecular formula is C14H26N4. The van der Waals surface area contributed by atoms with Crippen molar-refractivity contribution in [1.29, 1.82) is 0 Å². The van der Waals surface area contributed by atoms with Gasteiger partial charge in [0.05, 0.1) is 5.69 Å². The number of rotatable bonds is 4. The van der Waals surface area contributed by atoms with Gasteiger partial charge in [0.2, 0.25) is 0 Å². The van der Waals surface area contributed by atoms with Gasteiger partial charge in [0.1, 0.15) is 5.82 Å². The third kappa shape index (κ3) is 2.03. The maximum Gasteiger partial charge on any atom is 0.131 e. The van der Waals surface area contributed by atoms with Gasteiger partial charge < -0.3 is 10.6 Å². The van der Waals surface area contributed by atoms with Gasteiger partial charge in [-0.25, -0.2) is 0 Å². The Kier molecular flexibility index (Phi) is 3.66. The van der Waals surface area contributed by atoms with Crippen LogP contribution in [-0.2, 0) is 13.6 Å². The molecule has 1 aromatic heterocycles. The normalized spacial score (nSPS) is 18.6. The van der Waals surface area contributed by atoms with Crippen LogP contribution in [0.5, 0.6) is 0 Å². The fourth-order valence-corrected chi connectivity index (χ4v) is 3.27. The van der Waals surface area contributed by atoms with E-state index < -0.39 is 0 Å². The van der Waals surface area contributed by atoms with E-state index >= 15 is 0 Å². The maximum absolute atomic E-state index is 5.89. The smallest absolute Gasteiger partial charge is 0.131 e. The van der Waals surface area contributed by atoms with E-state index in [9.17, 15) is 0 Å². The zero-order valence-corrected chi connectivity index (χ0v) is 12.2. The Labute approximate surface area is 110 Å². The number of anilines is 1. The highest BCUT2D eigenvalue weighted by molar-refractivity contribution is 5.51. The predicted octanol–water partition coefficient (Wildman–Crippen LogP) is 2.20. The molecule has 0 aliphatic carbocycles. The molecule has 0 unspecified atom stereocenters. The molecule has 0 radical (unpaired) electrons. The number of hydrogen-bond donors (Lipinski definition) is 1. The van der Waals surface area contributed by atoms with E-state index in [0.29, 0.717) is 12.0 Å². The molecule has 1 aliphatic heterocycles. The Hall–Kier alpha value is -1.03. The Bertz CT molecular complexity index is 418. The summed E-state index contributed by atoms with van der Waals surface area (Å²) in [5.41, 5.74) is 8.65. The molecule has 18 heavy (non-hydrogen) atoms. The van der Waals surface area contributed by atoms with Crippen LogP contribution in [-0.4, -0.2) is 22.9 Å². The minimum atomic E-state index is 0.490. The lowest BCUT2D eigenvalue weighted by Gasteiger charge is -2.27. The summed E-state index contributed by atoms with van der Waals surface area (Å²) in [5.74, 6) is 1.23. The molecule has 0 bridgehead atoms. The fourth-order valence-electron chi connectivity index (χ4n) is 3.27. The topological polar surface area (TPSA) is 47.1 Å². The van der Waals surface area contributed by atoms with Crippen LogP contribution in [0.25, 0.3) is 0 Å². The van der Waals surface area contributed by atoms with Gasteiger partial charge in [0.15, 0.2) is 0 Å². The third-order valence-corrected chi connectivity index (χ3v) is 4.76. The lowest BCUT2D eigenvalue weighted by molar-refractivity contribution is 0.301. The average molecular weight is 250 g/mol. The lowest BCUT2D eigenvalue weighted by Crippen LogP contribution is -2.28. The van der Waals surface area contributed by atoms with Crippen molar-refractivity contribution in [2.75, 3.05) is 18.0 Å². The molecule has 1 saturated heterocycles.